The number of benzene rings is 1. The first-order valence-corrected chi connectivity index (χ1v) is 9.35. The van der Waals surface area contributed by atoms with Crippen molar-refractivity contribution in [1.82, 2.24) is 20.1 Å². The molecule has 0 bridgehead atoms. The Bertz CT molecular complexity index is 767. The molecule has 0 fully saturated rings. The zero-order chi connectivity index (χ0) is 19.1. The molecule has 0 unspecified atom stereocenters. The highest BCUT2D eigenvalue weighted by Crippen LogP contribution is 2.15. The summed E-state index contributed by atoms with van der Waals surface area (Å²) in [5.74, 6) is 0.766. The van der Waals surface area contributed by atoms with E-state index in [1.165, 1.54) is 5.69 Å². The number of halogens is 1. The molecule has 2 rings (SSSR count). The number of aliphatic imine (C=N–C) groups is 1. The molecule has 0 radical (unpaired) electrons. The number of nitrogens with zero attached hydrogens (tertiary/aromatic N) is 3. The molecule has 2 N–H and O–H groups in total. The van der Waals surface area contributed by atoms with Crippen LogP contribution in [0.2, 0.25) is 0 Å². The van der Waals surface area contributed by atoms with Gasteiger partial charge in [-0.15, -0.1) is 0 Å². The molecule has 0 saturated heterocycles. The van der Waals surface area contributed by atoms with Crippen LogP contribution in [-0.2, 0) is 20.1 Å². The standard InChI is InChI=1S/C19H26BrN5O/c1-5-22-19(25(4)13-17-10-16(20)12-24(17)3)23-11-14-6-8-15(9-7-14)18(26)21-2/h6-10,12H,5,11,13H2,1-4H3,(H,21,26)(H,22,23). The van der Waals surface area contributed by atoms with E-state index in [1.54, 1.807) is 7.05 Å². The summed E-state index contributed by atoms with van der Waals surface area (Å²) in [5, 5.41) is 5.95. The van der Waals surface area contributed by atoms with E-state index >= 15 is 0 Å². The van der Waals surface area contributed by atoms with Gasteiger partial charge in [-0.25, -0.2) is 4.99 Å². The van der Waals surface area contributed by atoms with Crippen molar-refractivity contribution < 1.29 is 4.79 Å². The Hall–Kier alpha value is -2.28. The van der Waals surface area contributed by atoms with Crippen molar-refractivity contribution in [2.24, 2.45) is 12.0 Å². The Morgan fingerprint density at radius 3 is 2.54 bits per heavy atom. The third-order valence-corrected chi connectivity index (χ3v) is 4.46. The van der Waals surface area contributed by atoms with Gasteiger partial charge in [-0.2, -0.15) is 0 Å². The monoisotopic (exact) mass is 419 g/mol. The number of rotatable bonds is 6. The van der Waals surface area contributed by atoms with Gasteiger partial charge in [0.1, 0.15) is 0 Å². The summed E-state index contributed by atoms with van der Waals surface area (Å²) in [7, 11) is 5.69. The Labute approximate surface area is 163 Å². The van der Waals surface area contributed by atoms with Gasteiger partial charge in [-0.1, -0.05) is 12.1 Å². The second-order valence-corrected chi connectivity index (χ2v) is 6.98. The van der Waals surface area contributed by atoms with Gasteiger partial charge < -0.3 is 20.1 Å². The Kier molecular flexibility index (Phi) is 7.26. The molecule has 0 spiro atoms. The highest BCUT2D eigenvalue weighted by Gasteiger charge is 2.10. The van der Waals surface area contributed by atoms with E-state index in [0.717, 1.165) is 29.1 Å². The first-order valence-electron chi connectivity index (χ1n) is 8.55. The molecular formula is C19H26BrN5O. The van der Waals surface area contributed by atoms with Crippen LogP contribution >= 0.6 is 15.9 Å². The minimum atomic E-state index is -0.0816. The van der Waals surface area contributed by atoms with Crippen LogP contribution in [0.15, 0.2) is 46.0 Å². The largest absolute Gasteiger partial charge is 0.357 e. The van der Waals surface area contributed by atoms with Gasteiger partial charge in [0.2, 0.25) is 0 Å². The van der Waals surface area contributed by atoms with E-state index in [-0.39, 0.29) is 5.91 Å². The van der Waals surface area contributed by atoms with Crippen LogP contribution in [0.4, 0.5) is 0 Å². The minimum absolute atomic E-state index is 0.0816. The topological polar surface area (TPSA) is 61.7 Å². The lowest BCUT2D eigenvalue weighted by Gasteiger charge is -2.22. The summed E-state index contributed by atoms with van der Waals surface area (Å²) in [6, 6.07) is 9.62. The van der Waals surface area contributed by atoms with E-state index in [4.69, 9.17) is 4.99 Å². The molecule has 1 amide bonds. The van der Waals surface area contributed by atoms with Crippen molar-refractivity contribution in [3.8, 4) is 0 Å². The van der Waals surface area contributed by atoms with Crippen molar-refractivity contribution in [3.05, 3.63) is 57.8 Å². The Morgan fingerprint density at radius 2 is 2.00 bits per heavy atom. The SMILES string of the molecule is CCNC(=NCc1ccc(C(=O)NC)cc1)N(C)Cc1cc(Br)cn1C. The fourth-order valence-corrected chi connectivity index (χ4v) is 3.15. The van der Waals surface area contributed by atoms with Crippen LogP contribution < -0.4 is 10.6 Å². The molecule has 26 heavy (non-hydrogen) atoms. The maximum absolute atomic E-state index is 11.6. The minimum Gasteiger partial charge on any atom is -0.357 e. The van der Waals surface area contributed by atoms with Crippen LogP contribution in [0, 0.1) is 0 Å². The summed E-state index contributed by atoms with van der Waals surface area (Å²) in [4.78, 5) is 18.4. The average molecular weight is 420 g/mol. The molecule has 1 aromatic heterocycles. The van der Waals surface area contributed by atoms with Crippen molar-refractivity contribution in [2.75, 3.05) is 20.6 Å². The smallest absolute Gasteiger partial charge is 0.251 e. The maximum Gasteiger partial charge on any atom is 0.251 e. The normalized spacial score (nSPS) is 11.3. The van der Waals surface area contributed by atoms with E-state index in [9.17, 15) is 4.79 Å². The Balaban J connectivity index is 2.07. The van der Waals surface area contributed by atoms with Gasteiger partial charge >= 0.3 is 0 Å². The first-order chi connectivity index (χ1) is 12.4. The molecule has 6 nitrogen and oxygen atoms in total. The van der Waals surface area contributed by atoms with E-state index in [2.05, 4.69) is 49.0 Å². The van der Waals surface area contributed by atoms with Crippen LogP contribution in [0.3, 0.4) is 0 Å². The van der Waals surface area contributed by atoms with E-state index in [1.807, 2.05) is 44.6 Å². The second kappa shape index (κ2) is 9.43. The van der Waals surface area contributed by atoms with Crippen LogP contribution in [-0.4, -0.2) is 42.0 Å². The highest BCUT2D eigenvalue weighted by molar-refractivity contribution is 9.10. The molecule has 2 aromatic rings. The zero-order valence-corrected chi connectivity index (χ0v) is 17.3. The lowest BCUT2D eigenvalue weighted by Crippen LogP contribution is -2.38. The number of carbonyl (C=O) groups excluding carboxylic acids is 1. The number of amides is 1. The molecule has 140 valence electrons. The van der Waals surface area contributed by atoms with Gasteiger partial charge in [0.15, 0.2) is 5.96 Å². The number of aryl methyl sites for hydroxylation is 1. The Morgan fingerprint density at radius 1 is 1.31 bits per heavy atom. The maximum atomic E-state index is 11.6. The highest BCUT2D eigenvalue weighted by atomic mass is 79.9. The number of hydrogen-bond acceptors (Lipinski definition) is 2. The molecular weight excluding hydrogens is 394 g/mol. The summed E-state index contributed by atoms with van der Waals surface area (Å²) in [6.07, 6.45) is 2.04. The summed E-state index contributed by atoms with van der Waals surface area (Å²) in [6.45, 7) is 4.16. The number of carbonyl (C=O) groups is 1. The number of hydrogen-bond donors (Lipinski definition) is 2. The molecule has 0 aliphatic heterocycles. The number of guanidine groups is 1. The third kappa shape index (κ3) is 5.36. The molecule has 0 aliphatic rings. The fourth-order valence-electron chi connectivity index (χ4n) is 2.58. The predicted octanol–water partition coefficient (Wildman–Crippen LogP) is 2.74. The quantitative estimate of drug-likeness (QED) is 0.558. The summed E-state index contributed by atoms with van der Waals surface area (Å²) < 4.78 is 3.17. The third-order valence-electron chi connectivity index (χ3n) is 4.02. The fraction of sp³-hybridized carbons (Fsp3) is 0.368. The second-order valence-electron chi connectivity index (χ2n) is 6.06. The van der Waals surface area contributed by atoms with Crippen LogP contribution in [0.5, 0.6) is 0 Å². The van der Waals surface area contributed by atoms with E-state index in [0.29, 0.717) is 12.1 Å². The van der Waals surface area contributed by atoms with Gasteiger partial charge in [0.25, 0.3) is 5.91 Å². The number of nitrogens with one attached hydrogen (secondary N) is 2. The summed E-state index contributed by atoms with van der Waals surface area (Å²) in [5.41, 5.74) is 2.90. The predicted molar refractivity (Wildman–Crippen MR) is 109 cm³/mol. The number of aromatic nitrogens is 1. The van der Waals surface area contributed by atoms with Gasteiger partial charge in [0, 0.05) is 49.6 Å². The molecule has 1 aromatic carbocycles. The van der Waals surface area contributed by atoms with Gasteiger partial charge in [-0.3, -0.25) is 4.79 Å². The van der Waals surface area contributed by atoms with Crippen LogP contribution in [0.1, 0.15) is 28.5 Å². The molecule has 0 saturated carbocycles. The molecule has 1 heterocycles. The van der Waals surface area contributed by atoms with Gasteiger partial charge in [-0.05, 0) is 46.6 Å². The van der Waals surface area contributed by atoms with Crippen molar-refractivity contribution >= 4 is 27.8 Å². The lowest BCUT2D eigenvalue weighted by molar-refractivity contribution is 0.0963. The molecule has 0 atom stereocenters. The lowest BCUT2D eigenvalue weighted by atomic mass is 10.1. The zero-order valence-electron chi connectivity index (χ0n) is 15.7. The van der Waals surface area contributed by atoms with Gasteiger partial charge in [0.05, 0.1) is 13.1 Å². The summed E-state index contributed by atoms with van der Waals surface area (Å²) >= 11 is 3.51. The van der Waals surface area contributed by atoms with Crippen molar-refractivity contribution in [2.45, 2.75) is 20.0 Å². The van der Waals surface area contributed by atoms with Crippen molar-refractivity contribution in [1.29, 1.82) is 0 Å². The average Bonchev–Trinajstić information content (AvgIpc) is 2.95. The molecule has 7 heteroatoms. The molecule has 0 aliphatic carbocycles. The van der Waals surface area contributed by atoms with Crippen LogP contribution in [0.25, 0.3) is 0 Å². The van der Waals surface area contributed by atoms with E-state index < -0.39 is 0 Å². The van der Waals surface area contributed by atoms with Crippen molar-refractivity contribution in [3.63, 3.8) is 0 Å². The first kappa shape index (κ1) is 20.0.